The monoisotopic (exact) mass is 298 g/mol. The molecule has 20 heavy (non-hydrogen) atoms. The molecule has 0 aliphatic carbocycles. The predicted molar refractivity (Wildman–Crippen MR) is 83.3 cm³/mol. The summed E-state index contributed by atoms with van der Waals surface area (Å²) < 4.78 is 5.20. The van der Waals surface area contributed by atoms with E-state index in [1.54, 1.807) is 25.3 Å². The van der Waals surface area contributed by atoms with Crippen LogP contribution >= 0.6 is 11.6 Å². The molecule has 0 radical (unpaired) electrons. The number of amides is 1. The summed E-state index contributed by atoms with van der Waals surface area (Å²) in [5.74, 6) is 0.555. The van der Waals surface area contributed by atoms with Gasteiger partial charge in [0.2, 0.25) is 5.91 Å². The SMILES string of the molecule is COc1ccc(Cl)cc1NC(=O)CCC(C)(C)CCN. The lowest BCUT2D eigenvalue weighted by molar-refractivity contribution is -0.116. The van der Waals surface area contributed by atoms with Crippen molar-refractivity contribution in [3.8, 4) is 5.75 Å². The van der Waals surface area contributed by atoms with Crippen molar-refractivity contribution in [3.63, 3.8) is 0 Å². The first-order valence-corrected chi connectivity index (χ1v) is 7.09. The number of nitrogens with one attached hydrogen (secondary N) is 1. The lowest BCUT2D eigenvalue weighted by atomic mass is 9.84. The van der Waals surface area contributed by atoms with Gasteiger partial charge in [0.1, 0.15) is 5.75 Å². The summed E-state index contributed by atoms with van der Waals surface area (Å²) in [6.45, 7) is 4.87. The molecule has 0 aromatic heterocycles. The molecule has 112 valence electrons. The molecule has 0 heterocycles. The van der Waals surface area contributed by atoms with Crippen LogP contribution in [0.1, 0.15) is 33.1 Å². The Bertz CT molecular complexity index is 461. The molecule has 5 heteroatoms. The second-order valence-electron chi connectivity index (χ2n) is 5.60. The fraction of sp³-hybridized carbons (Fsp3) is 0.533. The first-order chi connectivity index (χ1) is 9.38. The van der Waals surface area contributed by atoms with Gasteiger partial charge in [0.05, 0.1) is 12.8 Å². The van der Waals surface area contributed by atoms with Gasteiger partial charge in [-0.3, -0.25) is 4.79 Å². The summed E-state index contributed by atoms with van der Waals surface area (Å²) in [7, 11) is 1.56. The number of ether oxygens (including phenoxy) is 1. The maximum atomic E-state index is 12.0. The van der Waals surface area contributed by atoms with Gasteiger partial charge in [0.15, 0.2) is 0 Å². The molecule has 0 aliphatic rings. The highest BCUT2D eigenvalue weighted by Crippen LogP contribution is 2.29. The normalized spacial score (nSPS) is 11.2. The number of benzene rings is 1. The van der Waals surface area contributed by atoms with Gasteiger partial charge in [-0.05, 0) is 43.0 Å². The molecule has 0 saturated carbocycles. The third kappa shape index (κ3) is 5.39. The Labute approximate surface area is 125 Å². The molecule has 0 aliphatic heterocycles. The zero-order valence-corrected chi connectivity index (χ0v) is 13.1. The van der Waals surface area contributed by atoms with E-state index in [2.05, 4.69) is 19.2 Å². The second-order valence-corrected chi connectivity index (χ2v) is 6.03. The number of hydrogen-bond donors (Lipinski definition) is 2. The highest BCUT2D eigenvalue weighted by Gasteiger charge is 2.18. The summed E-state index contributed by atoms with van der Waals surface area (Å²) in [5.41, 5.74) is 6.24. The third-order valence-electron chi connectivity index (χ3n) is 3.29. The maximum absolute atomic E-state index is 12.0. The van der Waals surface area contributed by atoms with Crippen molar-refractivity contribution in [2.24, 2.45) is 11.1 Å². The third-order valence-corrected chi connectivity index (χ3v) is 3.52. The molecular weight excluding hydrogens is 276 g/mol. The number of hydrogen-bond acceptors (Lipinski definition) is 3. The molecular formula is C15H23ClN2O2. The molecule has 1 aromatic rings. The number of halogens is 1. The van der Waals surface area contributed by atoms with Crippen molar-refractivity contribution in [2.75, 3.05) is 19.0 Å². The van der Waals surface area contributed by atoms with Gasteiger partial charge in [-0.25, -0.2) is 0 Å². The van der Waals surface area contributed by atoms with Crippen LogP contribution in [-0.2, 0) is 4.79 Å². The smallest absolute Gasteiger partial charge is 0.224 e. The topological polar surface area (TPSA) is 64.3 Å². The lowest BCUT2D eigenvalue weighted by Gasteiger charge is -2.23. The molecule has 0 bridgehead atoms. The Morgan fingerprint density at radius 3 is 2.70 bits per heavy atom. The average molecular weight is 299 g/mol. The molecule has 0 atom stereocenters. The number of methoxy groups -OCH3 is 1. The fourth-order valence-corrected chi connectivity index (χ4v) is 2.13. The van der Waals surface area contributed by atoms with Crippen molar-refractivity contribution >= 4 is 23.2 Å². The Balaban J connectivity index is 2.61. The van der Waals surface area contributed by atoms with Gasteiger partial charge in [-0.2, -0.15) is 0 Å². The molecule has 4 nitrogen and oxygen atoms in total. The Morgan fingerprint density at radius 1 is 1.40 bits per heavy atom. The summed E-state index contributed by atoms with van der Waals surface area (Å²) >= 11 is 5.93. The van der Waals surface area contributed by atoms with E-state index in [-0.39, 0.29) is 11.3 Å². The minimum atomic E-state index is -0.0457. The first-order valence-electron chi connectivity index (χ1n) is 6.71. The molecule has 0 unspecified atom stereocenters. The average Bonchev–Trinajstić information content (AvgIpc) is 2.37. The van der Waals surface area contributed by atoms with Gasteiger partial charge >= 0.3 is 0 Å². The van der Waals surface area contributed by atoms with Crippen LogP contribution < -0.4 is 15.8 Å². The van der Waals surface area contributed by atoms with E-state index in [1.807, 2.05) is 0 Å². The molecule has 0 spiro atoms. The van der Waals surface area contributed by atoms with Gasteiger partial charge in [0, 0.05) is 11.4 Å². The first kappa shape index (κ1) is 16.8. The minimum absolute atomic E-state index is 0.0457. The standard InChI is InChI=1S/C15H23ClN2O2/c1-15(2,8-9-17)7-6-14(19)18-12-10-11(16)4-5-13(12)20-3/h4-5,10H,6-9,17H2,1-3H3,(H,18,19). The van der Waals surface area contributed by atoms with Gasteiger partial charge in [-0.15, -0.1) is 0 Å². The fourth-order valence-electron chi connectivity index (χ4n) is 1.96. The number of carbonyl (C=O) groups is 1. The summed E-state index contributed by atoms with van der Waals surface area (Å²) in [6.07, 6.45) is 2.14. The largest absolute Gasteiger partial charge is 0.495 e. The lowest BCUT2D eigenvalue weighted by Crippen LogP contribution is -2.20. The second kappa shape index (κ2) is 7.50. The van der Waals surface area contributed by atoms with E-state index in [1.165, 1.54) is 0 Å². The van der Waals surface area contributed by atoms with Gasteiger partial charge in [0.25, 0.3) is 0 Å². The van der Waals surface area contributed by atoms with Crippen molar-refractivity contribution in [3.05, 3.63) is 23.2 Å². The van der Waals surface area contributed by atoms with Gasteiger partial charge < -0.3 is 15.8 Å². The van der Waals surface area contributed by atoms with Crippen LogP contribution in [0.5, 0.6) is 5.75 Å². The van der Waals surface area contributed by atoms with Crippen LogP contribution in [0.3, 0.4) is 0 Å². The summed E-state index contributed by atoms with van der Waals surface area (Å²) in [6, 6.07) is 5.14. The number of anilines is 1. The van der Waals surface area contributed by atoms with Crippen LogP contribution in [-0.4, -0.2) is 19.6 Å². The van der Waals surface area contributed by atoms with Crippen LogP contribution in [0.15, 0.2) is 18.2 Å². The highest BCUT2D eigenvalue weighted by atomic mass is 35.5. The summed E-state index contributed by atoms with van der Waals surface area (Å²) in [5, 5.41) is 3.40. The molecule has 1 aromatic carbocycles. The predicted octanol–water partition coefficient (Wildman–Crippen LogP) is 3.44. The van der Waals surface area contributed by atoms with Gasteiger partial charge in [-0.1, -0.05) is 25.4 Å². The van der Waals surface area contributed by atoms with Crippen LogP contribution in [0.4, 0.5) is 5.69 Å². The van der Waals surface area contributed by atoms with E-state index >= 15 is 0 Å². The number of nitrogens with two attached hydrogens (primary N) is 1. The quantitative estimate of drug-likeness (QED) is 0.810. The Kier molecular flexibility index (Phi) is 6.30. The van der Waals surface area contributed by atoms with E-state index in [0.29, 0.717) is 29.4 Å². The zero-order valence-electron chi connectivity index (χ0n) is 12.3. The minimum Gasteiger partial charge on any atom is -0.495 e. The van der Waals surface area contributed by atoms with E-state index < -0.39 is 0 Å². The van der Waals surface area contributed by atoms with E-state index in [9.17, 15) is 4.79 Å². The maximum Gasteiger partial charge on any atom is 0.224 e. The highest BCUT2D eigenvalue weighted by molar-refractivity contribution is 6.31. The van der Waals surface area contributed by atoms with Crippen molar-refractivity contribution in [1.82, 2.24) is 0 Å². The molecule has 0 fully saturated rings. The Morgan fingerprint density at radius 2 is 2.10 bits per heavy atom. The molecule has 1 amide bonds. The number of carbonyl (C=O) groups excluding carboxylic acids is 1. The van der Waals surface area contributed by atoms with E-state index in [4.69, 9.17) is 22.1 Å². The van der Waals surface area contributed by atoms with Crippen molar-refractivity contribution in [1.29, 1.82) is 0 Å². The Hall–Kier alpha value is -1.26. The zero-order chi connectivity index (χ0) is 15.2. The van der Waals surface area contributed by atoms with E-state index in [0.717, 1.165) is 12.8 Å². The van der Waals surface area contributed by atoms with Crippen LogP contribution in [0.25, 0.3) is 0 Å². The van der Waals surface area contributed by atoms with Crippen LogP contribution in [0, 0.1) is 5.41 Å². The number of rotatable bonds is 7. The van der Waals surface area contributed by atoms with Crippen LogP contribution in [0.2, 0.25) is 5.02 Å². The summed E-state index contributed by atoms with van der Waals surface area (Å²) in [4.78, 5) is 12.0. The van der Waals surface area contributed by atoms with Crippen molar-refractivity contribution in [2.45, 2.75) is 33.1 Å². The van der Waals surface area contributed by atoms with Crippen molar-refractivity contribution < 1.29 is 9.53 Å². The molecule has 1 rings (SSSR count). The molecule has 3 N–H and O–H groups in total. The molecule has 0 saturated heterocycles.